The van der Waals surface area contributed by atoms with Crippen LogP contribution >= 0.6 is 11.8 Å². The number of furan rings is 1. The highest BCUT2D eigenvalue weighted by atomic mass is 32.2. The highest BCUT2D eigenvalue weighted by Gasteiger charge is 2.50. The third-order valence-electron chi connectivity index (χ3n) is 4.80. The molecule has 0 N–H and O–H groups in total. The number of amides is 1. The Morgan fingerprint density at radius 3 is 3.04 bits per heavy atom. The Labute approximate surface area is 151 Å². The van der Waals surface area contributed by atoms with Gasteiger partial charge in [0.05, 0.1) is 35.8 Å². The Morgan fingerprint density at radius 1 is 1.40 bits per heavy atom. The van der Waals surface area contributed by atoms with Gasteiger partial charge in [-0.3, -0.25) is 9.78 Å². The van der Waals surface area contributed by atoms with Crippen molar-refractivity contribution in [2.75, 3.05) is 18.8 Å². The number of aryl methyl sites for hydroxylation is 1. The number of nitrogens with zero attached hydrogens (tertiary/aromatic N) is 2. The van der Waals surface area contributed by atoms with Crippen molar-refractivity contribution < 1.29 is 13.9 Å². The van der Waals surface area contributed by atoms with Gasteiger partial charge in [0, 0.05) is 24.5 Å². The van der Waals surface area contributed by atoms with E-state index < -0.39 is 0 Å². The van der Waals surface area contributed by atoms with Crippen LogP contribution in [0, 0.1) is 6.92 Å². The normalized spacial score (nSPS) is 21.5. The molecule has 1 atom stereocenters. The molecule has 0 radical (unpaired) electrons. The lowest BCUT2D eigenvalue weighted by Crippen LogP contribution is -2.61. The molecule has 132 valence electrons. The Hall–Kier alpha value is -1.79. The largest absolute Gasteiger partial charge is 0.469 e. The number of carbonyl (C=O) groups excluding carboxylic acids is 1. The second-order valence-corrected chi connectivity index (χ2v) is 8.40. The molecule has 1 spiro atoms. The molecule has 0 unspecified atom stereocenters. The van der Waals surface area contributed by atoms with Gasteiger partial charge < -0.3 is 14.1 Å². The minimum absolute atomic E-state index is 0.148. The van der Waals surface area contributed by atoms with E-state index >= 15 is 0 Å². The quantitative estimate of drug-likeness (QED) is 0.823. The van der Waals surface area contributed by atoms with E-state index in [1.165, 1.54) is 0 Å². The van der Waals surface area contributed by atoms with Crippen molar-refractivity contribution in [1.29, 1.82) is 0 Å². The van der Waals surface area contributed by atoms with E-state index in [4.69, 9.17) is 9.15 Å². The summed E-state index contributed by atoms with van der Waals surface area (Å²) >= 11 is 1.94. The number of carbonyl (C=O) groups is 1. The van der Waals surface area contributed by atoms with Crippen LogP contribution in [0.4, 0.5) is 0 Å². The Kier molecular flexibility index (Phi) is 4.56. The average molecular weight is 358 g/mol. The van der Waals surface area contributed by atoms with Crippen LogP contribution < -0.4 is 0 Å². The van der Waals surface area contributed by atoms with Gasteiger partial charge in [-0.15, -0.1) is 11.8 Å². The summed E-state index contributed by atoms with van der Waals surface area (Å²) in [6, 6.07) is 9.68. The molecule has 0 aromatic carbocycles. The molecule has 0 bridgehead atoms. The second kappa shape index (κ2) is 6.84. The number of ether oxygens (including phenoxy) is 1. The Balaban J connectivity index is 1.24. The number of hydrogen-bond acceptors (Lipinski definition) is 5. The van der Waals surface area contributed by atoms with E-state index in [0.29, 0.717) is 13.0 Å². The molecule has 4 heterocycles. The molecule has 2 saturated heterocycles. The first-order valence-electron chi connectivity index (χ1n) is 8.60. The number of thioether (sulfide) groups is 1. The summed E-state index contributed by atoms with van der Waals surface area (Å²) in [4.78, 5) is 18.7. The fourth-order valence-corrected chi connectivity index (χ4v) is 5.06. The molecule has 2 aromatic heterocycles. The van der Waals surface area contributed by atoms with Gasteiger partial charge in [0.25, 0.3) is 0 Å². The van der Waals surface area contributed by atoms with Crippen LogP contribution in [0.3, 0.4) is 0 Å². The van der Waals surface area contributed by atoms with Crippen LogP contribution in [0.25, 0.3) is 0 Å². The zero-order valence-electron chi connectivity index (χ0n) is 14.3. The molecule has 2 aliphatic heterocycles. The standard InChI is InChI=1S/C19H22N2O3S/c1-14-4-2-5-15(20-14)10-24-17-9-19(25-11-17)12-21(13-19)18(22)8-16-6-3-7-23-16/h2-7,17H,8-13H2,1H3/t17-/m0/s1. The van der Waals surface area contributed by atoms with E-state index in [-0.39, 0.29) is 16.8 Å². The lowest BCUT2D eigenvalue weighted by molar-refractivity contribution is -0.136. The zero-order valence-corrected chi connectivity index (χ0v) is 15.1. The third kappa shape index (κ3) is 3.75. The number of aromatic nitrogens is 1. The van der Waals surface area contributed by atoms with Crippen LogP contribution in [-0.2, 0) is 22.6 Å². The van der Waals surface area contributed by atoms with Gasteiger partial charge in [-0.1, -0.05) is 6.07 Å². The summed E-state index contributed by atoms with van der Waals surface area (Å²) in [5.74, 6) is 1.87. The number of likely N-dealkylation sites (tertiary alicyclic amines) is 1. The van der Waals surface area contributed by atoms with Crippen molar-refractivity contribution in [2.24, 2.45) is 0 Å². The van der Waals surface area contributed by atoms with E-state index in [2.05, 4.69) is 4.98 Å². The average Bonchev–Trinajstić information content (AvgIpc) is 3.21. The topological polar surface area (TPSA) is 55.6 Å². The molecule has 2 aromatic rings. The maximum atomic E-state index is 12.3. The summed E-state index contributed by atoms with van der Waals surface area (Å²) in [5.41, 5.74) is 2.00. The fourth-order valence-electron chi connectivity index (χ4n) is 3.51. The van der Waals surface area contributed by atoms with E-state index in [1.54, 1.807) is 6.26 Å². The molecule has 4 rings (SSSR count). The Morgan fingerprint density at radius 2 is 2.28 bits per heavy atom. The third-order valence-corrected chi connectivity index (χ3v) is 6.38. The van der Waals surface area contributed by atoms with Gasteiger partial charge in [-0.25, -0.2) is 0 Å². The highest BCUT2D eigenvalue weighted by Crippen LogP contribution is 2.46. The molecule has 25 heavy (non-hydrogen) atoms. The highest BCUT2D eigenvalue weighted by molar-refractivity contribution is 8.01. The SMILES string of the molecule is Cc1cccc(CO[C@@H]2CSC3(C2)CN(C(=O)Cc2ccco2)C3)n1. The van der Waals surface area contributed by atoms with Crippen molar-refractivity contribution in [2.45, 2.75) is 37.2 Å². The van der Waals surface area contributed by atoms with Crippen molar-refractivity contribution in [3.05, 3.63) is 53.7 Å². The van der Waals surface area contributed by atoms with Crippen LogP contribution in [0.2, 0.25) is 0 Å². The van der Waals surface area contributed by atoms with Crippen molar-refractivity contribution in [3.8, 4) is 0 Å². The molecule has 1 amide bonds. The predicted molar refractivity (Wildman–Crippen MR) is 96.3 cm³/mol. The lowest BCUT2D eigenvalue weighted by Gasteiger charge is -2.47. The summed E-state index contributed by atoms with van der Waals surface area (Å²) < 4.78 is 11.5. The summed E-state index contributed by atoms with van der Waals surface area (Å²) in [5, 5.41) is 0. The molecule has 5 nitrogen and oxygen atoms in total. The number of rotatable bonds is 5. The summed E-state index contributed by atoms with van der Waals surface area (Å²) in [6.45, 7) is 4.19. The summed E-state index contributed by atoms with van der Waals surface area (Å²) in [7, 11) is 0. The molecule has 0 aliphatic carbocycles. The first kappa shape index (κ1) is 16.7. The van der Waals surface area contributed by atoms with Crippen LogP contribution in [-0.4, -0.2) is 45.5 Å². The number of pyridine rings is 1. The van der Waals surface area contributed by atoms with Gasteiger partial charge in [0.15, 0.2) is 0 Å². The van der Waals surface area contributed by atoms with E-state index in [0.717, 1.165) is 42.4 Å². The molecule has 2 aliphatic rings. The van der Waals surface area contributed by atoms with Gasteiger partial charge >= 0.3 is 0 Å². The summed E-state index contributed by atoms with van der Waals surface area (Å²) in [6.07, 6.45) is 3.22. The first-order chi connectivity index (χ1) is 12.1. The predicted octanol–water partition coefficient (Wildman–Crippen LogP) is 2.83. The van der Waals surface area contributed by atoms with Crippen molar-refractivity contribution in [3.63, 3.8) is 0 Å². The lowest BCUT2D eigenvalue weighted by atomic mass is 9.92. The van der Waals surface area contributed by atoms with Gasteiger partial charge in [0.2, 0.25) is 5.91 Å². The zero-order chi connectivity index (χ0) is 17.3. The van der Waals surface area contributed by atoms with Crippen LogP contribution in [0.5, 0.6) is 0 Å². The fraction of sp³-hybridized carbons (Fsp3) is 0.474. The van der Waals surface area contributed by atoms with Gasteiger partial charge in [-0.2, -0.15) is 0 Å². The maximum Gasteiger partial charge on any atom is 0.230 e. The minimum Gasteiger partial charge on any atom is -0.469 e. The van der Waals surface area contributed by atoms with Crippen molar-refractivity contribution >= 4 is 17.7 Å². The van der Waals surface area contributed by atoms with Crippen LogP contribution in [0.15, 0.2) is 41.0 Å². The van der Waals surface area contributed by atoms with Crippen molar-refractivity contribution in [1.82, 2.24) is 9.88 Å². The smallest absolute Gasteiger partial charge is 0.230 e. The second-order valence-electron chi connectivity index (χ2n) is 6.91. The number of hydrogen-bond donors (Lipinski definition) is 0. The molecule has 2 fully saturated rings. The first-order valence-corrected chi connectivity index (χ1v) is 9.59. The van der Waals surface area contributed by atoms with Gasteiger partial charge in [-0.05, 0) is 37.6 Å². The maximum absolute atomic E-state index is 12.3. The molecule has 6 heteroatoms. The minimum atomic E-state index is 0.148. The van der Waals surface area contributed by atoms with Crippen LogP contribution in [0.1, 0.15) is 23.6 Å². The van der Waals surface area contributed by atoms with E-state index in [1.807, 2.05) is 53.9 Å². The Bertz CT molecular complexity index is 741. The van der Waals surface area contributed by atoms with Gasteiger partial charge in [0.1, 0.15) is 5.76 Å². The van der Waals surface area contributed by atoms with E-state index in [9.17, 15) is 4.79 Å². The molecular formula is C19H22N2O3S. The molecular weight excluding hydrogens is 336 g/mol. The molecule has 0 saturated carbocycles. The monoisotopic (exact) mass is 358 g/mol.